The van der Waals surface area contributed by atoms with Crippen molar-refractivity contribution in [3.8, 4) is 11.5 Å². The van der Waals surface area contributed by atoms with Gasteiger partial charge in [0.2, 0.25) is 5.91 Å². The number of furan rings is 1. The van der Waals surface area contributed by atoms with Crippen molar-refractivity contribution in [1.82, 2.24) is 5.32 Å². The molecule has 0 radical (unpaired) electrons. The van der Waals surface area contributed by atoms with Gasteiger partial charge in [0, 0.05) is 6.42 Å². The van der Waals surface area contributed by atoms with Gasteiger partial charge in [0.25, 0.3) is 0 Å². The van der Waals surface area contributed by atoms with Crippen LogP contribution in [-0.4, -0.2) is 19.1 Å². The Balaban J connectivity index is 1.71. The van der Waals surface area contributed by atoms with Crippen LogP contribution in [0.25, 0.3) is 0 Å². The van der Waals surface area contributed by atoms with E-state index in [1.165, 1.54) is 0 Å². The molecule has 1 atom stereocenters. The van der Waals surface area contributed by atoms with Crippen LogP contribution in [0.15, 0.2) is 40.8 Å². The van der Waals surface area contributed by atoms with Gasteiger partial charge in [-0.3, -0.25) is 4.79 Å². The fourth-order valence-electron chi connectivity index (χ4n) is 2.33. The average Bonchev–Trinajstić information content (AvgIpc) is 3.00. The Hall–Kier alpha value is -2.43. The summed E-state index contributed by atoms with van der Waals surface area (Å²) < 4.78 is 16.7. The summed E-state index contributed by atoms with van der Waals surface area (Å²) in [7, 11) is 0. The van der Waals surface area contributed by atoms with Gasteiger partial charge in [0.15, 0.2) is 11.5 Å². The minimum absolute atomic E-state index is 0.0155. The molecule has 5 heteroatoms. The molecular weight excluding hydrogens is 306 g/mol. The summed E-state index contributed by atoms with van der Waals surface area (Å²) in [5, 5.41) is 2.93. The highest BCUT2D eigenvalue weighted by molar-refractivity contribution is 5.76. The summed E-state index contributed by atoms with van der Waals surface area (Å²) in [5.41, 5.74) is 0. The largest absolute Gasteiger partial charge is 0.490 e. The fourth-order valence-corrected chi connectivity index (χ4v) is 2.33. The molecule has 0 saturated heterocycles. The van der Waals surface area contributed by atoms with Crippen molar-refractivity contribution < 1.29 is 18.7 Å². The van der Waals surface area contributed by atoms with Crippen LogP contribution >= 0.6 is 0 Å². The summed E-state index contributed by atoms with van der Waals surface area (Å²) in [6.45, 7) is 6.78. The van der Waals surface area contributed by atoms with Gasteiger partial charge in [-0.1, -0.05) is 12.1 Å². The standard InChI is InChI=1S/C19H25NO4/c1-4-22-17-8-5-6-9-18(17)23-13-7-10-19(21)20-15(3)16-12-11-14(2)24-16/h5-6,8-9,11-12,15H,4,7,10,13H2,1-3H3,(H,20,21). The van der Waals surface area contributed by atoms with Crippen LogP contribution in [0.2, 0.25) is 0 Å². The Bertz CT molecular complexity index is 650. The van der Waals surface area contributed by atoms with Crippen LogP contribution < -0.4 is 14.8 Å². The molecule has 0 bridgehead atoms. The first-order valence-corrected chi connectivity index (χ1v) is 8.30. The summed E-state index contributed by atoms with van der Waals surface area (Å²) in [5.74, 6) is 3.03. The zero-order valence-corrected chi connectivity index (χ0v) is 14.5. The molecule has 0 saturated carbocycles. The topological polar surface area (TPSA) is 60.7 Å². The van der Waals surface area contributed by atoms with E-state index in [9.17, 15) is 4.79 Å². The highest BCUT2D eigenvalue weighted by atomic mass is 16.5. The van der Waals surface area contributed by atoms with Crippen LogP contribution in [0.3, 0.4) is 0 Å². The third-order valence-electron chi connectivity index (χ3n) is 3.52. The fraction of sp³-hybridized carbons (Fsp3) is 0.421. The van der Waals surface area contributed by atoms with Crippen molar-refractivity contribution in [2.24, 2.45) is 0 Å². The minimum atomic E-state index is -0.134. The number of hydrogen-bond donors (Lipinski definition) is 1. The minimum Gasteiger partial charge on any atom is -0.490 e. The predicted octanol–water partition coefficient (Wildman–Crippen LogP) is 4.02. The maximum Gasteiger partial charge on any atom is 0.220 e. The Kier molecular flexibility index (Phi) is 6.73. The Morgan fingerprint density at radius 2 is 1.88 bits per heavy atom. The van der Waals surface area contributed by atoms with Crippen molar-refractivity contribution in [1.29, 1.82) is 0 Å². The van der Waals surface area contributed by atoms with E-state index in [1.807, 2.05) is 57.2 Å². The van der Waals surface area contributed by atoms with E-state index in [1.54, 1.807) is 0 Å². The van der Waals surface area contributed by atoms with E-state index in [4.69, 9.17) is 13.9 Å². The quantitative estimate of drug-likeness (QED) is 0.705. The average molecular weight is 331 g/mol. The lowest BCUT2D eigenvalue weighted by Gasteiger charge is -2.13. The molecule has 0 aliphatic carbocycles. The van der Waals surface area contributed by atoms with Gasteiger partial charge in [-0.25, -0.2) is 0 Å². The number of nitrogens with one attached hydrogen (secondary N) is 1. The van der Waals surface area contributed by atoms with Gasteiger partial charge in [0.1, 0.15) is 11.5 Å². The Morgan fingerprint density at radius 3 is 2.50 bits per heavy atom. The molecule has 0 spiro atoms. The number of carbonyl (C=O) groups excluding carboxylic acids is 1. The van der Waals surface area contributed by atoms with Crippen LogP contribution in [0.4, 0.5) is 0 Å². The number of amides is 1. The number of hydrogen-bond acceptors (Lipinski definition) is 4. The molecule has 1 N–H and O–H groups in total. The molecule has 1 aromatic heterocycles. The van der Waals surface area contributed by atoms with Gasteiger partial charge in [-0.05, 0) is 51.5 Å². The van der Waals surface area contributed by atoms with E-state index in [-0.39, 0.29) is 11.9 Å². The Morgan fingerprint density at radius 1 is 1.17 bits per heavy atom. The zero-order valence-electron chi connectivity index (χ0n) is 14.5. The number of ether oxygens (including phenoxy) is 2. The molecule has 0 fully saturated rings. The zero-order chi connectivity index (χ0) is 17.4. The number of para-hydroxylation sites is 2. The van der Waals surface area contributed by atoms with Gasteiger partial charge in [0.05, 0.1) is 19.3 Å². The molecular formula is C19H25NO4. The predicted molar refractivity (Wildman–Crippen MR) is 92.3 cm³/mol. The third-order valence-corrected chi connectivity index (χ3v) is 3.52. The molecule has 24 heavy (non-hydrogen) atoms. The van der Waals surface area contributed by atoms with E-state index in [0.717, 1.165) is 17.3 Å². The molecule has 2 rings (SSSR count). The number of rotatable bonds is 9. The van der Waals surface area contributed by atoms with E-state index in [2.05, 4.69) is 5.32 Å². The lowest BCUT2D eigenvalue weighted by atomic mass is 10.2. The summed E-state index contributed by atoms with van der Waals surface area (Å²) >= 11 is 0. The van der Waals surface area contributed by atoms with Crippen molar-refractivity contribution in [3.05, 3.63) is 47.9 Å². The second-order valence-electron chi connectivity index (χ2n) is 5.57. The molecule has 0 aliphatic heterocycles. The number of carbonyl (C=O) groups is 1. The SMILES string of the molecule is CCOc1ccccc1OCCCC(=O)NC(C)c1ccc(C)o1. The van der Waals surface area contributed by atoms with Crippen molar-refractivity contribution in [3.63, 3.8) is 0 Å². The van der Waals surface area contributed by atoms with Crippen molar-refractivity contribution in [2.45, 2.75) is 39.7 Å². The van der Waals surface area contributed by atoms with Crippen molar-refractivity contribution >= 4 is 5.91 Å². The van der Waals surface area contributed by atoms with Crippen LogP contribution in [0.5, 0.6) is 11.5 Å². The summed E-state index contributed by atoms with van der Waals surface area (Å²) in [6, 6.07) is 11.2. The van der Waals surface area contributed by atoms with Crippen LogP contribution in [-0.2, 0) is 4.79 Å². The lowest BCUT2D eigenvalue weighted by Crippen LogP contribution is -2.26. The number of benzene rings is 1. The molecule has 0 aliphatic rings. The van der Waals surface area contributed by atoms with Gasteiger partial charge < -0.3 is 19.2 Å². The Labute approximate surface area is 143 Å². The van der Waals surface area contributed by atoms with Crippen molar-refractivity contribution in [2.75, 3.05) is 13.2 Å². The molecule has 1 amide bonds. The second kappa shape index (κ2) is 9.01. The first-order chi connectivity index (χ1) is 11.6. The monoisotopic (exact) mass is 331 g/mol. The van der Waals surface area contributed by atoms with E-state index >= 15 is 0 Å². The normalized spacial score (nSPS) is 11.8. The molecule has 130 valence electrons. The van der Waals surface area contributed by atoms with Gasteiger partial charge >= 0.3 is 0 Å². The third kappa shape index (κ3) is 5.33. The molecule has 1 heterocycles. The second-order valence-corrected chi connectivity index (χ2v) is 5.57. The van der Waals surface area contributed by atoms with Gasteiger partial charge in [-0.15, -0.1) is 0 Å². The first kappa shape index (κ1) is 17.9. The number of aryl methyl sites for hydroxylation is 1. The highest BCUT2D eigenvalue weighted by Crippen LogP contribution is 2.26. The molecule has 5 nitrogen and oxygen atoms in total. The lowest BCUT2D eigenvalue weighted by molar-refractivity contribution is -0.122. The maximum atomic E-state index is 12.0. The van der Waals surface area contributed by atoms with Crippen LogP contribution in [0.1, 0.15) is 44.3 Å². The molecule has 1 unspecified atom stereocenters. The van der Waals surface area contributed by atoms with E-state index in [0.29, 0.717) is 31.8 Å². The molecule has 2 aromatic rings. The van der Waals surface area contributed by atoms with Gasteiger partial charge in [-0.2, -0.15) is 0 Å². The first-order valence-electron chi connectivity index (χ1n) is 8.30. The van der Waals surface area contributed by atoms with E-state index < -0.39 is 0 Å². The highest BCUT2D eigenvalue weighted by Gasteiger charge is 2.12. The maximum absolute atomic E-state index is 12.0. The molecule has 1 aromatic carbocycles. The summed E-state index contributed by atoms with van der Waals surface area (Å²) in [4.78, 5) is 12.0. The smallest absolute Gasteiger partial charge is 0.220 e. The van der Waals surface area contributed by atoms with Crippen LogP contribution in [0, 0.1) is 6.92 Å². The summed E-state index contributed by atoms with van der Waals surface area (Å²) in [6.07, 6.45) is 1.04.